The first kappa shape index (κ1) is 21.8. The van der Waals surface area contributed by atoms with Crippen molar-refractivity contribution in [3.63, 3.8) is 0 Å². The third kappa shape index (κ3) is 3.95. The van der Waals surface area contributed by atoms with Crippen molar-refractivity contribution in [1.29, 1.82) is 0 Å². The number of hydrogen-bond donors (Lipinski definition) is 1. The van der Waals surface area contributed by atoms with Gasteiger partial charge in [-0.15, -0.1) is 0 Å². The molecule has 3 heterocycles. The van der Waals surface area contributed by atoms with Crippen LogP contribution in [-0.2, 0) is 0 Å². The van der Waals surface area contributed by atoms with Gasteiger partial charge in [-0.05, 0) is 60.7 Å². The van der Waals surface area contributed by atoms with Gasteiger partial charge in [0.2, 0.25) is 0 Å². The Bertz CT molecular complexity index is 1310. The maximum atomic E-state index is 6.45. The molecule has 0 saturated carbocycles. The second-order valence-electron chi connectivity index (χ2n) is 7.47. The van der Waals surface area contributed by atoms with Crippen LogP contribution in [0.3, 0.4) is 0 Å². The number of pyridine rings is 1. The summed E-state index contributed by atoms with van der Waals surface area (Å²) >= 11 is 18.4. The lowest BCUT2D eigenvalue weighted by atomic mass is 10.0. The van der Waals surface area contributed by atoms with Gasteiger partial charge in [-0.25, -0.2) is 0 Å². The third-order valence-electron chi connectivity index (χ3n) is 5.58. The minimum atomic E-state index is -0.310. The van der Waals surface area contributed by atoms with E-state index in [0.717, 1.165) is 16.9 Å². The van der Waals surface area contributed by atoms with Crippen LogP contribution < -0.4 is 15.0 Å². The summed E-state index contributed by atoms with van der Waals surface area (Å²) in [5.41, 5.74) is 2.41. The highest BCUT2D eigenvalue weighted by molar-refractivity contribution is 7.80. The Balaban J connectivity index is 1.64. The highest BCUT2D eigenvalue weighted by Crippen LogP contribution is 2.46. The van der Waals surface area contributed by atoms with Gasteiger partial charge < -0.3 is 19.4 Å². The second kappa shape index (κ2) is 9.06. The molecule has 166 valence electrons. The zero-order valence-electron chi connectivity index (χ0n) is 17.5. The molecule has 1 fully saturated rings. The number of aromatic nitrogens is 1. The molecule has 2 aromatic heterocycles. The van der Waals surface area contributed by atoms with Crippen molar-refractivity contribution in [3.05, 3.63) is 100 Å². The lowest BCUT2D eigenvalue weighted by Gasteiger charge is -2.27. The van der Waals surface area contributed by atoms with Crippen molar-refractivity contribution >= 4 is 46.2 Å². The Morgan fingerprint density at radius 2 is 1.82 bits per heavy atom. The Morgan fingerprint density at radius 3 is 2.61 bits per heavy atom. The van der Waals surface area contributed by atoms with Gasteiger partial charge in [0.15, 0.2) is 5.11 Å². The lowest BCUT2D eigenvalue weighted by molar-refractivity contribution is 0.409. The van der Waals surface area contributed by atoms with Crippen LogP contribution in [0.1, 0.15) is 23.5 Å². The second-order valence-corrected chi connectivity index (χ2v) is 8.64. The smallest absolute Gasteiger partial charge is 0.174 e. The van der Waals surface area contributed by atoms with Gasteiger partial charge in [0.1, 0.15) is 23.3 Å². The van der Waals surface area contributed by atoms with E-state index in [2.05, 4.69) is 10.3 Å². The maximum Gasteiger partial charge on any atom is 0.174 e. The summed E-state index contributed by atoms with van der Waals surface area (Å²) in [6.07, 6.45) is 1.77. The largest absolute Gasteiger partial charge is 0.495 e. The standard InChI is InChI=1S/C25H19Cl2N3O2S/c1-31-20-11-3-2-10-18(20)30-24(23(29-25(30)33)17-9-4-5-14-28-17)21-13-12-19(32-21)15-7-6-8-16(26)22(15)27/h2-14,23-24H,1H3,(H,29,33)/t23-,24-/m1/s1. The van der Waals surface area contributed by atoms with Crippen LogP contribution in [0, 0.1) is 0 Å². The van der Waals surface area contributed by atoms with E-state index in [4.69, 9.17) is 44.6 Å². The summed E-state index contributed by atoms with van der Waals surface area (Å²) in [5, 5.41) is 4.89. The number of anilines is 1. The minimum Gasteiger partial charge on any atom is -0.495 e. The molecule has 2 atom stereocenters. The van der Waals surface area contributed by atoms with E-state index in [0.29, 0.717) is 32.4 Å². The van der Waals surface area contributed by atoms with Crippen LogP contribution in [0.5, 0.6) is 5.75 Å². The van der Waals surface area contributed by atoms with Gasteiger partial charge in [0, 0.05) is 11.8 Å². The average molecular weight is 496 g/mol. The van der Waals surface area contributed by atoms with E-state index in [1.807, 2.05) is 71.6 Å². The number of thiocarbonyl (C=S) groups is 1. The molecule has 0 radical (unpaired) electrons. The number of nitrogens with one attached hydrogen (secondary N) is 1. The lowest BCUT2D eigenvalue weighted by Crippen LogP contribution is -2.29. The molecule has 5 rings (SSSR count). The SMILES string of the molecule is COc1ccccc1N1C(=S)N[C@H](c2ccccn2)[C@H]1c1ccc(-c2cccc(Cl)c2Cl)o1. The van der Waals surface area contributed by atoms with Crippen molar-refractivity contribution in [1.82, 2.24) is 10.3 Å². The van der Waals surface area contributed by atoms with Crippen molar-refractivity contribution < 1.29 is 9.15 Å². The van der Waals surface area contributed by atoms with Crippen LogP contribution in [0.15, 0.2) is 83.4 Å². The fraction of sp³-hybridized carbons (Fsp3) is 0.120. The molecule has 5 nitrogen and oxygen atoms in total. The Morgan fingerprint density at radius 1 is 1.00 bits per heavy atom. The number of benzene rings is 2. The van der Waals surface area contributed by atoms with Crippen molar-refractivity contribution in [3.8, 4) is 17.1 Å². The summed E-state index contributed by atoms with van der Waals surface area (Å²) in [6, 6.07) is 22.3. The van der Waals surface area contributed by atoms with Gasteiger partial charge >= 0.3 is 0 Å². The number of hydrogen-bond acceptors (Lipinski definition) is 4. The summed E-state index contributed by atoms with van der Waals surface area (Å²) in [4.78, 5) is 6.58. The molecule has 8 heteroatoms. The van der Waals surface area contributed by atoms with E-state index in [1.165, 1.54) is 0 Å². The van der Waals surface area contributed by atoms with Crippen molar-refractivity contribution in [2.45, 2.75) is 12.1 Å². The maximum absolute atomic E-state index is 6.45. The highest BCUT2D eigenvalue weighted by Gasteiger charge is 2.43. The number of nitrogens with zero attached hydrogens (tertiary/aromatic N) is 2. The summed E-state index contributed by atoms with van der Waals surface area (Å²) < 4.78 is 12.0. The molecule has 1 aliphatic rings. The molecule has 1 aliphatic heterocycles. The first-order valence-corrected chi connectivity index (χ1v) is 11.4. The fourth-order valence-corrected chi connectivity index (χ4v) is 4.82. The first-order chi connectivity index (χ1) is 16.1. The number of rotatable bonds is 5. The number of ether oxygens (including phenoxy) is 1. The average Bonchev–Trinajstić information content (AvgIpc) is 3.46. The van der Waals surface area contributed by atoms with Crippen LogP contribution in [-0.4, -0.2) is 17.2 Å². The predicted molar refractivity (Wildman–Crippen MR) is 135 cm³/mol. The zero-order chi connectivity index (χ0) is 22.9. The van der Waals surface area contributed by atoms with E-state index < -0.39 is 0 Å². The Labute approximate surface area is 206 Å². The number of para-hydroxylation sites is 2. The summed E-state index contributed by atoms with van der Waals surface area (Å²) in [7, 11) is 1.64. The van der Waals surface area contributed by atoms with Gasteiger partial charge in [-0.1, -0.05) is 47.5 Å². The monoisotopic (exact) mass is 495 g/mol. The number of halogens is 2. The molecule has 0 amide bonds. The Hall–Kier alpha value is -3.06. The Kier molecular flexibility index (Phi) is 5.98. The van der Waals surface area contributed by atoms with Gasteiger partial charge in [-0.3, -0.25) is 4.98 Å². The predicted octanol–water partition coefficient (Wildman–Crippen LogP) is 6.83. The topological polar surface area (TPSA) is 50.5 Å². The van der Waals surface area contributed by atoms with E-state index in [-0.39, 0.29) is 12.1 Å². The molecule has 33 heavy (non-hydrogen) atoms. The fourth-order valence-electron chi connectivity index (χ4n) is 4.08. The van der Waals surface area contributed by atoms with Gasteiger partial charge in [0.05, 0.1) is 34.6 Å². The van der Waals surface area contributed by atoms with Crippen LogP contribution in [0.4, 0.5) is 5.69 Å². The molecular weight excluding hydrogens is 477 g/mol. The molecule has 1 N–H and O–H groups in total. The van der Waals surface area contributed by atoms with Crippen LogP contribution >= 0.6 is 35.4 Å². The minimum absolute atomic E-state index is 0.238. The van der Waals surface area contributed by atoms with E-state index >= 15 is 0 Å². The van der Waals surface area contributed by atoms with E-state index in [1.54, 1.807) is 19.4 Å². The van der Waals surface area contributed by atoms with Crippen LogP contribution in [0.25, 0.3) is 11.3 Å². The number of methoxy groups -OCH3 is 1. The first-order valence-electron chi connectivity index (χ1n) is 10.3. The van der Waals surface area contributed by atoms with Gasteiger partial charge in [-0.2, -0.15) is 0 Å². The van der Waals surface area contributed by atoms with E-state index in [9.17, 15) is 0 Å². The third-order valence-corrected chi connectivity index (χ3v) is 6.71. The van der Waals surface area contributed by atoms with Gasteiger partial charge in [0.25, 0.3) is 0 Å². The molecule has 4 aromatic rings. The molecule has 2 aromatic carbocycles. The highest BCUT2D eigenvalue weighted by atomic mass is 35.5. The molecule has 1 saturated heterocycles. The molecule has 0 unspecified atom stereocenters. The van der Waals surface area contributed by atoms with Crippen molar-refractivity contribution in [2.24, 2.45) is 0 Å². The summed E-state index contributed by atoms with van der Waals surface area (Å²) in [6.45, 7) is 0. The summed E-state index contributed by atoms with van der Waals surface area (Å²) in [5.74, 6) is 2.03. The van der Waals surface area contributed by atoms with Crippen molar-refractivity contribution in [2.75, 3.05) is 12.0 Å². The van der Waals surface area contributed by atoms with Crippen LogP contribution in [0.2, 0.25) is 10.0 Å². The number of furan rings is 1. The molecule has 0 aliphatic carbocycles. The quantitative estimate of drug-likeness (QED) is 0.306. The molecular formula is C25H19Cl2N3O2S. The molecule has 0 bridgehead atoms. The zero-order valence-corrected chi connectivity index (χ0v) is 19.9. The normalized spacial score (nSPS) is 17.8. The molecule has 0 spiro atoms.